The minimum absolute atomic E-state index is 0.144. The first-order valence-corrected chi connectivity index (χ1v) is 6.86. The number of aryl methyl sites for hydroxylation is 1. The third-order valence-corrected chi connectivity index (χ3v) is 3.12. The van der Waals surface area contributed by atoms with Gasteiger partial charge in [0.15, 0.2) is 11.5 Å². The van der Waals surface area contributed by atoms with Crippen molar-refractivity contribution in [2.75, 3.05) is 18.5 Å². The number of hydrogen-bond acceptors (Lipinski definition) is 5. The molecule has 0 atom stereocenters. The molecule has 1 aromatic heterocycles. The summed E-state index contributed by atoms with van der Waals surface area (Å²) in [6.45, 7) is 2.61. The van der Waals surface area contributed by atoms with Gasteiger partial charge in [0.25, 0.3) is 5.56 Å². The summed E-state index contributed by atoms with van der Waals surface area (Å²) in [4.78, 5) is 23.7. The second kappa shape index (κ2) is 5.88. The summed E-state index contributed by atoms with van der Waals surface area (Å²) in [5, 5.41) is 6.74. The van der Waals surface area contributed by atoms with Crippen LogP contribution in [0.2, 0.25) is 0 Å². The van der Waals surface area contributed by atoms with Crippen molar-refractivity contribution in [2.45, 2.75) is 13.5 Å². The fraction of sp³-hybridized carbons (Fsp3) is 0.267. The predicted molar refractivity (Wildman–Crippen MR) is 79.3 cm³/mol. The molecule has 22 heavy (non-hydrogen) atoms. The highest BCUT2D eigenvalue weighted by molar-refractivity contribution is 5.90. The molecule has 114 valence electrons. The van der Waals surface area contributed by atoms with E-state index in [4.69, 9.17) is 9.47 Å². The maximum atomic E-state index is 12.0. The Hall–Kier alpha value is -2.83. The molecule has 1 aliphatic heterocycles. The quantitative estimate of drug-likeness (QED) is 0.913. The first-order chi connectivity index (χ1) is 10.6. The van der Waals surface area contributed by atoms with Gasteiger partial charge >= 0.3 is 0 Å². The molecule has 2 aromatic rings. The van der Waals surface area contributed by atoms with Crippen LogP contribution in [0.5, 0.6) is 11.5 Å². The average Bonchev–Trinajstić information content (AvgIpc) is 2.51. The minimum atomic E-state index is -0.336. The van der Waals surface area contributed by atoms with Crippen LogP contribution >= 0.6 is 0 Å². The Balaban J connectivity index is 1.71. The van der Waals surface area contributed by atoms with Crippen LogP contribution in [0.3, 0.4) is 0 Å². The van der Waals surface area contributed by atoms with Crippen LogP contribution in [0.25, 0.3) is 0 Å². The number of carbonyl (C=O) groups excluding carboxylic acids is 1. The van der Waals surface area contributed by atoms with E-state index >= 15 is 0 Å². The third-order valence-electron chi connectivity index (χ3n) is 3.12. The van der Waals surface area contributed by atoms with Crippen molar-refractivity contribution in [3.8, 4) is 11.5 Å². The van der Waals surface area contributed by atoms with Gasteiger partial charge in [-0.05, 0) is 25.1 Å². The van der Waals surface area contributed by atoms with E-state index in [1.807, 2.05) is 0 Å². The van der Waals surface area contributed by atoms with Crippen molar-refractivity contribution in [2.24, 2.45) is 0 Å². The Morgan fingerprint density at radius 2 is 2.00 bits per heavy atom. The summed E-state index contributed by atoms with van der Waals surface area (Å²) in [5.74, 6) is 0.910. The molecule has 0 bridgehead atoms. The van der Waals surface area contributed by atoms with Gasteiger partial charge in [0.1, 0.15) is 19.8 Å². The summed E-state index contributed by atoms with van der Waals surface area (Å²) in [6.07, 6.45) is 0. The molecule has 0 radical (unpaired) electrons. The molecule has 0 saturated heterocycles. The Kier molecular flexibility index (Phi) is 3.78. The van der Waals surface area contributed by atoms with E-state index in [1.54, 1.807) is 31.2 Å². The van der Waals surface area contributed by atoms with E-state index in [2.05, 4.69) is 10.4 Å². The zero-order valence-corrected chi connectivity index (χ0v) is 12.0. The van der Waals surface area contributed by atoms with Gasteiger partial charge in [-0.1, -0.05) is 0 Å². The molecule has 7 nitrogen and oxygen atoms in total. The van der Waals surface area contributed by atoms with Crippen LogP contribution in [0.15, 0.2) is 35.1 Å². The van der Waals surface area contributed by atoms with Gasteiger partial charge in [0.05, 0.1) is 5.69 Å². The number of anilines is 1. The molecule has 7 heteroatoms. The molecule has 3 rings (SSSR count). The smallest absolute Gasteiger partial charge is 0.267 e. The fourth-order valence-electron chi connectivity index (χ4n) is 2.12. The number of benzene rings is 1. The monoisotopic (exact) mass is 301 g/mol. The first kappa shape index (κ1) is 14.1. The van der Waals surface area contributed by atoms with Crippen molar-refractivity contribution >= 4 is 11.6 Å². The molecule has 1 aromatic carbocycles. The van der Waals surface area contributed by atoms with Gasteiger partial charge in [-0.25, -0.2) is 4.68 Å². The van der Waals surface area contributed by atoms with E-state index in [0.717, 1.165) is 4.68 Å². The van der Waals surface area contributed by atoms with Crippen LogP contribution in [0.1, 0.15) is 5.69 Å². The lowest BCUT2D eigenvalue weighted by molar-refractivity contribution is -0.117. The SMILES string of the molecule is Cc1ccc(=O)n(CC(=O)Nc2ccc3c(c2)OCCO3)n1. The maximum Gasteiger partial charge on any atom is 0.267 e. The average molecular weight is 301 g/mol. The molecular weight excluding hydrogens is 286 g/mol. The third kappa shape index (κ3) is 3.08. The fourth-order valence-corrected chi connectivity index (χ4v) is 2.12. The lowest BCUT2D eigenvalue weighted by atomic mass is 10.2. The second-order valence-corrected chi connectivity index (χ2v) is 4.88. The number of nitrogens with zero attached hydrogens (tertiary/aromatic N) is 2. The van der Waals surface area contributed by atoms with Gasteiger partial charge in [-0.3, -0.25) is 9.59 Å². The second-order valence-electron chi connectivity index (χ2n) is 4.88. The first-order valence-electron chi connectivity index (χ1n) is 6.86. The van der Waals surface area contributed by atoms with Crippen LogP contribution < -0.4 is 20.3 Å². The van der Waals surface area contributed by atoms with Gasteiger partial charge < -0.3 is 14.8 Å². The van der Waals surface area contributed by atoms with Crippen molar-refractivity contribution in [3.05, 3.63) is 46.4 Å². The van der Waals surface area contributed by atoms with Gasteiger partial charge in [0.2, 0.25) is 5.91 Å². The molecule has 1 aliphatic rings. The van der Waals surface area contributed by atoms with Crippen molar-refractivity contribution < 1.29 is 14.3 Å². The number of rotatable bonds is 3. The van der Waals surface area contributed by atoms with Gasteiger partial charge in [-0.2, -0.15) is 5.10 Å². The zero-order chi connectivity index (χ0) is 15.5. The maximum absolute atomic E-state index is 12.0. The number of nitrogens with one attached hydrogen (secondary N) is 1. The predicted octanol–water partition coefficient (Wildman–Crippen LogP) is 0.962. The highest BCUT2D eigenvalue weighted by Crippen LogP contribution is 2.32. The topological polar surface area (TPSA) is 82.5 Å². The normalized spacial score (nSPS) is 12.8. The Morgan fingerprint density at radius 1 is 1.23 bits per heavy atom. The zero-order valence-electron chi connectivity index (χ0n) is 12.0. The number of carbonyl (C=O) groups is 1. The number of ether oxygens (including phenoxy) is 2. The summed E-state index contributed by atoms with van der Waals surface area (Å²) in [5.41, 5.74) is 0.935. The highest BCUT2D eigenvalue weighted by atomic mass is 16.6. The molecule has 0 aliphatic carbocycles. The standard InChI is InChI=1S/C15H15N3O4/c1-10-2-5-15(20)18(17-10)9-14(19)16-11-3-4-12-13(8-11)22-7-6-21-12/h2-5,8H,6-7,9H2,1H3,(H,16,19). The number of aromatic nitrogens is 2. The van der Waals surface area contributed by atoms with Gasteiger partial charge in [0, 0.05) is 17.8 Å². The van der Waals surface area contributed by atoms with E-state index in [0.29, 0.717) is 36.1 Å². The van der Waals surface area contributed by atoms with Crippen LogP contribution in [-0.4, -0.2) is 28.9 Å². The Labute approximate surface area is 126 Å². The van der Waals surface area contributed by atoms with Crippen molar-refractivity contribution in [1.29, 1.82) is 0 Å². The molecule has 0 saturated carbocycles. The number of fused-ring (bicyclic) bond motifs is 1. The molecule has 0 fully saturated rings. The van der Waals surface area contributed by atoms with E-state index < -0.39 is 0 Å². The summed E-state index contributed by atoms with van der Waals surface area (Å²) in [6, 6.07) is 8.15. The van der Waals surface area contributed by atoms with E-state index in [1.165, 1.54) is 6.07 Å². The number of hydrogen-bond donors (Lipinski definition) is 1. The van der Waals surface area contributed by atoms with Crippen LogP contribution in [0, 0.1) is 6.92 Å². The van der Waals surface area contributed by atoms with Crippen molar-refractivity contribution in [3.63, 3.8) is 0 Å². The molecule has 1 amide bonds. The largest absolute Gasteiger partial charge is 0.486 e. The lowest BCUT2D eigenvalue weighted by Crippen LogP contribution is -2.29. The molecule has 2 heterocycles. The minimum Gasteiger partial charge on any atom is -0.486 e. The lowest BCUT2D eigenvalue weighted by Gasteiger charge is -2.19. The van der Waals surface area contributed by atoms with E-state index in [9.17, 15) is 9.59 Å². The Morgan fingerprint density at radius 3 is 2.82 bits per heavy atom. The molecule has 1 N–H and O–H groups in total. The van der Waals surface area contributed by atoms with Crippen molar-refractivity contribution in [1.82, 2.24) is 9.78 Å². The molecule has 0 unspecified atom stereocenters. The highest BCUT2D eigenvalue weighted by Gasteiger charge is 2.13. The molecular formula is C15H15N3O4. The summed E-state index contributed by atoms with van der Waals surface area (Å²) >= 11 is 0. The summed E-state index contributed by atoms with van der Waals surface area (Å²) < 4.78 is 12.0. The number of amides is 1. The van der Waals surface area contributed by atoms with E-state index in [-0.39, 0.29) is 18.0 Å². The van der Waals surface area contributed by atoms with Crippen LogP contribution in [-0.2, 0) is 11.3 Å². The molecule has 0 spiro atoms. The van der Waals surface area contributed by atoms with Crippen LogP contribution in [0.4, 0.5) is 5.69 Å². The van der Waals surface area contributed by atoms with Gasteiger partial charge in [-0.15, -0.1) is 0 Å². The Bertz CT molecular complexity index is 770. The summed E-state index contributed by atoms with van der Waals surface area (Å²) in [7, 11) is 0.